The lowest BCUT2D eigenvalue weighted by Gasteiger charge is -2.60. The fraction of sp³-hybridized carbons (Fsp3) is 0.576. The highest BCUT2D eigenvalue weighted by molar-refractivity contribution is 5.94. The summed E-state index contributed by atoms with van der Waals surface area (Å²) in [5.74, 6) is 1.77. The van der Waals surface area contributed by atoms with Crippen LogP contribution in [-0.2, 0) is 14.9 Å². The lowest BCUT2D eigenvalue weighted by molar-refractivity contribution is -0.189. The maximum Gasteiger partial charge on any atom is 0.303 e. The summed E-state index contributed by atoms with van der Waals surface area (Å²) in [5, 5.41) is 0. The highest BCUT2D eigenvalue weighted by Gasteiger charge is 2.61. The first-order chi connectivity index (χ1) is 18.7. The summed E-state index contributed by atoms with van der Waals surface area (Å²) < 4.78 is 12.1. The molecule has 2 aromatic rings. The Bertz CT molecular complexity index is 1160. The number of carbonyl (C=O) groups excluding carboxylic acids is 2. The van der Waals surface area contributed by atoms with Crippen molar-refractivity contribution in [2.24, 2.45) is 11.8 Å². The van der Waals surface area contributed by atoms with Crippen LogP contribution in [0.3, 0.4) is 0 Å². The number of esters is 1. The van der Waals surface area contributed by atoms with Crippen molar-refractivity contribution in [1.29, 1.82) is 0 Å². The molecule has 6 heteroatoms. The van der Waals surface area contributed by atoms with Crippen LogP contribution in [0.15, 0.2) is 54.6 Å². The van der Waals surface area contributed by atoms with Gasteiger partial charge in [-0.15, -0.1) is 0 Å². The number of nitrogens with zero attached hydrogens (tertiary/aromatic N) is 2. The molecule has 3 aliphatic rings. The molecule has 3 atom stereocenters. The van der Waals surface area contributed by atoms with Crippen LogP contribution < -0.4 is 4.74 Å². The number of rotatable bonds is 9. The zero-order valence-electron chi connectivity index (χ0n) is 24.0. The van der Waals surface area contributed by atoms with E-state index in [2.05, 4.69) is 35.8 Å². The molecule has 2 aromatic carbocycles. The number of carbonyl (C=O) groups is 2. The topological polar surface area (TPSA) is 59.1 Å². The second-order valence-corrected chi connectivity index (χ2v) is 12.4. The van der Waals surface area contributed by atoms with Crippen LogP contribution in [-0.4, -0.2) is 66.6 Å². The summed E-state index contributed by atoms with van der Waals surface area (Å²) in [5.41, 5.74) is 0.816. The Hall–Kier alpha value is -2.86. The Morgan fingerprint density at radius 1 is 1.05 bits per heavy atom. The number of methoxy groups -OCH3 is 1. The molecule has 0 bridgehead atoms. The van der Waals surface area contributed by atoms with Crippen molar-refractivity contribution in [3.63, 3.8) is 0 Å². The number of fused-ring (bicyclic) bond motifs is 1. The van der Waals surface area contributed by atoms with Gasteiger partial charge in [-0.3, -0.25) is 14.5 Å². The van der Waals surface area contributed by atoms with Gasteiger partial charge in [-0.25, -0.2) is 0 Å². The Kier molecular flexibility index (Phi) is 8.04. The van der Waals surface area contributed by atoms with Gasteiger partial charge >= 0.3 is 5.97 Å². The van der Waals surface area contributed by atoms with Gasteiger partial charge in [0.2, 0.25) is 0 Å². The molecular weight excluding hydrogens is 488 g/mol. The van der Waals surface area contributed by atoms with Crippen LogP contribution in [0.4, 0.5) is 0 Å². The number of hydrogen-bond donors (Lipinski definition) is 0. The van der Waals surface area contributed by atoms with Crippen molar-refractivity contribution < 1.29 is 19.1 Å². The van der Waals surface area contributed by atoms with Crippen LogP contribution in [0.25, 0.3) is 0 Å². The number of amides is 1. The van der Waals surface area contributed by atoms with Gasteiger partial charge in [-0.1, -0.05) is 44.2 Å². The van der Waals surface area contributed by atoms with Gasteiger partial charge in [0, 0.05) is 43.6 Å². The first-order valence-electron chi connectivity index (χ1n) is 14.7. The third-order valence-electron chi connectivity index (χ3n) is 9.13. The molecule has 2 saturated carbocycles. The van der Waals surface area contributed by atoms with Crippen molar-refractivity contribution in [2.75, 3.05) is 33.3 Å². The van der Waals surface area contributed by atoms with E-state index >= 15 is 0 Å². The van der Waals surface area contributed by atoms with E-state index in [0.717, 1.165) is 68.1 Å². The van der Waals surface area contributed by atoms with Crippen molar-refractivity contribution in [2.45, 2.75) is 76.4 Å². The van der Waals surface area contributed by atoms with Crippen LogP contribution >= 0.6 is 0 Å². The molecule has 6 nitrogen and oxygen atoms in total. The maximum absolute atomic E-state index is 13.9. The van der Waals surface area contributed by atoms with Crippen molar-refractivity contribution in [1.82, 2.24) is 9.80 Å². The molecule has 0 unspecified atom stereocenters. The van der Waals surface area contributed by atoms with Gasteiger partial charge in [0.05, 0.1) is 7.11 Å². The molecule has 5 rings (SSSR count). The monoisotopic (exact) mass is 532 g/mol. The third kappa shape index (κ3) is 5.72. The fourth-order valence-corrected chi connectivity index (χ4v) is 7.21. The van der Waals surface area contributed by atoms with Gasteiger partial charge in [-0.05, 0) is 86.7 Å². The van der Waals surface area contributed by atoms with Gasteiger partial charge in [0.25, 0.3) is 5.91 Å². The largest absolute Gasteiger partial charge is 0.497 e. The van der Waals surface area contributed by atoms with Crippen molar-refractivity contribution in [3.8, 4) is 5.75 Å². The van der Waals surface area contributed by atoms with Crippen LogP contribution in [0.5, 0.6) is 5.75 Å². The molecule has 1 aliphatic heterocycles. The smallest absolute Gasteiger partial charge is 0.303 e. The molecule has 0 spiro atoms. The average Bonchev–Trinajstić information content (AvgIpc) is 3.75. The predicted octanol–water partition coefficient (Wildman–Crippen LogP) is 5.70. The molecule has 210 valence electrons. The second-order valence-electron chi connectivity index (χ2n) is 12.4. The number of hydrogen-bond acceptors (Lipinski definition) is 5. The Labute approximate surface area is 233 Å². The molecule has 0 N–H and O–H groups in total. The lowest BCUT2D eigenvalue weighted by Crippen LogP contribution is -2.69. The van der Waals surface area contributed by atoms with Crippen LogP contribution in [0.2, 0.25) is 0 Å². The third-order valence-corrected chi connectivity index (χ3v) is 9.13. The van der Waals surface area contributed by atoms with Gasteiger partial charge in [0.1, 0.15) is 11.4 Å². The average molecular weight is 533 g/mol. The van der Waals surface area contributed by atoms with E-state index in [1.54, 1.807) is 14.0 Å². The minimum absolute atomic E-state index is 0.0463. The minimum Gasteiger partial charge on any atom is -0.497 e. The first kappa shape index (κ1) is 27.7. The zero-order chi connectivity index (χ0) is 27.6. The molecule has 3 fully saturated rings. The first-order valence-corrected chi connectivity index (χ1v) is 14.7. The summed E-state index contributed by atoms with van der Waals surface area (Å²) in [4.78, 5) is 31.3. The zero-order valence-corrected chi connectivity index (χ0v) is 24.0. The highest BCUT2D eigenvalue weighted by atomic mass is 16.6. The predicted molar refractivity (Wildman–Crippen MR) is 153 cm³/mol. The summed E-state index contributed by atoms with van der Waals surface area (Å²) >= 11 is 0. The van der Waals surface area contributed by atoms with E-state index in [1.165, 1.54) is 12.8 Å². The summed E-state index contributed by atoms with van der Waals surface area (Å²) in [6.07, 6.45) is 5.77. The summed E-state index contributed by atoms with van der Waals surface area (Å²) in [7, 11) is 1.70. The number of piperidine rings is 1. The minimum atomic E-state index is -0.645. The number of ether oxygens (including phenoxy) is 2. The van der Waals surface area contributed by atoms with E-state index in [4.69, 9.17) is 9.47 Å². The summed E-state index contributed by atoms with van der Waals surface area (Å²) in [6.45, 7) is 9.36. The molecule has 2 aliphatic carbocycles. The van der Waals surface area contributed by atoms with Gasteiger partial charge in [-0.2, -0.15) is 0 Å². The van der Waals surface area contributed by atoms with Crippen LogP contribution in [0, 0.1) is 11.8 Å². The molecule has 1 saturated heterocycles. The molecule has 1 heterocycles. The molecule has 1 amide bonds. The van der Waals surface area contributed by atoms with E-state index in [0.29, 0.717) is 12.5 Å². The molecule has 0 aromatic heterocycles. The molecular formula is C33H44N2O4. The molecule has 0 radical (unpaired) electrons. The van der Waals surface area contributed by atoms with E-state index in [-0.39, 0.29) is 17.9 Å². The quantitative estimate of drug-likeness (QED) is 0.388. The summed E-state index contributed by atoms with van der Waals surface area (Å²) in [6, 6.07) is 18.0. The Balaban J connectivity index is 1.57. The highest BCUT2D eigenvalue weighted by Crippen LogP contribution is 2.55. The lowest BCUT2D eigenvalue weighted by atomic mass is 9.54. The molecule has 39 heavy (non-hydrogen) atoms. The van der Waals surface area contributed by atoms with Crippen molar-refractivity contribution in [3.05, 3.63) is 65.7 Å². The van der Waals surface area contributed by atoms with Crippen LogP contribution in [0.1, 0.15) is 75.2 Å². The van der Waals surface area contributed by atoms with Crippen molar-refractivity contribution >= 4 is 11.9 Å². The SMILES string of the molecule is COc1cccc([C@@]23CCN(CC4CC4)C[C@@]2(OC(C)=O)CC[C@H](N(CC(C)C)C(=O)c2ccccc2)C3)c1. The van der Waals surface area contributed by atoms with Gasteiger partial charge in [0.15, 0.2) is 0 Å². The number of benzene rings is 2. The van der Waals surface area contributed by atoms with E-state index < -0.39 is 11.0 Å². The standard InChI is InChI=1S/C33H44N2O4/c1-24(2)21-35(31(37)27-9-6-5-7-10-27)29-15-16-33(39-25(3)36)23-34(22-26-13-14-26)18-17-32(33,20-29)28-11-8-12-30(19-28)38-4/h5-12,19,24,26,29H,13-18,20-23H2,1-4H3/t29-,32-,33-/m0/s1. The normalized spacial score (nSPS) is 27.1. The van der Waals surface area contributed by atoms with Gasteiger partial charge < -0.3 is 14.4 Å². The second kappa shape index (κ2) is 11.3. The van der Waals surface area contributed by atoms with E-state index in [1.807, 2.05) is 42.5 Å². The maximum atomic E-state index is 13.9. The fourth-order valence-electron chi connectivity index (χ4n) is 7.21. The Morgan fingerprint density at radius 2 is 1.82 bits per heavy atom. The van der Waals surface area contributed by atoms with E-state index in [9.17, 15) is 9.59 Å². The number of likely N-dealkylation sites (tertiary alicyclic amines) is 1. The Morgan fingerprint density at radius 3 is 2.49 bits per heavy atom.